The lowest BCUT2D eigenvalue weighted by Gasteiger charge is -2.03. The Bertz CT molecular complexity index is 663. The second-order valence-electron chi connectivity index (χ2n) is 4.86. The molecule has 0 heterocycles. The minimum Gasteiger partial charge on any atom is -0.207 e. The molecule has 0 saturated heterocycles. The van der Waals surface area contributed by atoms with E-state index in [0.717, 1.165) is 12.0 Å². The van der Waals surface area contributed by atoms with Crippen molar-refractivity contribution >= 4 is 11.1 Å². The average molecular weight is 250 g/mol. The summed E-state index contributed by atoms with van der Waals surface area (Å²) in [6.07, 6.45) is 5.34. The summed E-state index contributed by atoms with van der Waals surface area (Å²) in [7, 11) is 0. The molecule has 0 spiro atoms. The van der Waals surface area contributed by atoms with Gasteiger partial charge in [0.2, 0.25) is 0 Å². The fourth-order valence-corrected chi connectivity index (χ4v) is 2.40. The lowest BCUT2D eigenvalue weighted by atomic mass is 10.0. The van der Waals surface area contributed by atoms with Gasteiger partial charge in [-0.25, -0.2) is 4.39 Å². The van der Waals surface area contributed by atoms with Crippen LogP contribution in [0, 0.1) is 12.7 Å². The van der Waals surface area contributed by atoms with Crippen LogP contribution in [-0.4, -0.2) is 0 Å². The van der Waals surface area contributed by atoms with Crippen LogP contribution in [0.15, 0.2) is 60.7 Å². The van der Waals surface area contributed by atoms with Gasteiger partial charge in [-0.15, -0.1) is 0 Å². The maximum Gasteiger partial charge on any atom is 0.126 e. The van der Waals surface area contributed by atoms with Gasteiger partial charge in [-0.05, 0) is 53.3 Å². The Kier molecular flexibility index (Phi) is 3.04. The minimum absolute atomic E-state index is 0.144. The highest BCUT2D eigenvalue weighted by molar-refractivity contribution is 5.89. The predicted octanol–water partition coefficient (Wildman–Crippen LogP) is 5.00. The SMILES string of the molecule is Cc1cc(C2=CCC(c3ccccc3)=C2)ccc1F. The summed E-state index contributed by atoms with van der Waals surface area (Å²) < 4.78 is 13.3. The molecule has 0 saturated carbocycles. The van der Waals surface area contributed by atoms with Gasteiger partial charge in [-0.3, -0.25) is 0 Å². The van der Waals surface area contributed by atoms with Crippen LogP contribution in [0.4, 0.5) is 4.39 Å². The first kappa shape index (κ1) is 11.9. The third-order valence-corrected chi connectivity index (χ3v) is 3.51. The first-order valence-electron chi connectivity index (χ1n) is 6.47. The van der Waals surface area contributed by atoms with Crippen LogP contribution in [0.5, 0.6) is 0 Å². The Labute approximate surface area is 112 Å². The zero-order chi connectivity index (χ0) is 13.2. The van der Waals surface area contributed by atoms with Crippen molar-refractivity contribution in [2.45, 2.75) is 13.3 Å². The van der Waals surface area contributed by atoms with E-state index in [-0.39, 0.29) is 5.82 Å². The van der Waals surface area contributed by atoms with Crippen molar-refractivity contribution in [3.63, 3.8) is 0 Å². The van der Waals surface area contributed by atoms with E-state index in [1.165, 1.54) is 16.7 Å². The van der Waals surface area contributed by atoms with Crippen molar-refractivity contribution in [1.82, 2.24) is 0 Å². The molecule has 19 heavy (non-hydrogen) atoms. The first-order valence-corrected chi connectivity index (χ1v) is 6.47. The number of allylic oxidation sites excluding steroid dienone is 4. The van der Waals surface area contributed by atoms with Crippen molar-refractivity contribution in [2.24, 2.45) is 0 Å². The number of hydrogen-bond acceptors (Lipinski definition) is 0. The van der Waals surface area contributed by atoms with E-state index < -0.39 is 0 Å². The summed E-state index contributed by atoms with van der Waals surface area (Å²) in [5, 5.41) is 0. The summed E-state index contributed by atoms with van der Waals surface area (Å²) in [6, 6.07) is 15.7. The molecule has 1 aliphatic carbocycles. The molecule has 1 aliphatic rings. The predicted molar refractivity (Wildman–Crippen MR) is 78.2 cm³/mol. The number of rotatable bonds is 2. The third kappa shape index (κ3) is 2.37. The van der Waals surface area contributed by atoms with Gasteiger partial charge in [0.25, 0.3) is 0 Å². The van der Waals surface area contributed by atoms with Gasteiger partial charge < -0.3 is 0 Å². The molecule has 2 aromatic rings. The molecule has 0 aromatic heterocycles. The summed E-state index contributed by atoms with van der Waals surface area (Å²) >= 11 is 0. The normalized spacial score (nSPS) is 14.2. The summed E-state index contributed by atoms with van der Waals surface area (Å²) in [5.41, 5.74) is 5.54. The Morgan fingerprint density at radius 3 is 2.47 bits per heavy atom. The summed E-state index contributed by atoms with van der Waals surface area (Å²) in [5.74, 6) is -0.144. The van der Waals surface area contributed by atoms with Crippen LogP contribution in [0.25, 0.3) is 11.1 Å². The van der Waals surface area contributed by atoms with Crippen LogP contribution in [0.2, 0.25) is 0 Å². The van der Waals surface area contributed by atoms with E-state index in [1.807, 2.05) is 18.2 Å². The summed E-state index contributed by atoms with van der Waals surface area (Å²) in [4.78, 5) is 0. The molecule has 0 nitrogen and oxygen atoms in total. The topological polar surface area (TPSA) is 0 Å². The molecule has 94 valence electrons. The average Bonchev–Trinajstić information content (AvgIpc) is 2.93. The Hall–Kier alpha value is -2.15. The maximum atomic E-state index is 13.3. The fraction of sp³-hybridized carbons (Fsp3) is 0.111. The van der Waals surface area contributed by atoms with Gasteiger partial charge in [0.1, 0.15) is 5.82 Å². The minimum atomic E-state index is -0.144. The van der Waals surface area contributed by atoms with E-state index in [9.17, 15) is 4.39 Å². The van der Waals surface area contributed by atoms with Crippen molar-refractivity contribution in [1.29, 1.82) is 0 Å². The van der Waals surface area contributed by atoms with Gasteiger partial charge in [0.05, 0.1) is 0 Å². The highest BCUT2D eigenvalue weighted by Crippen LogP contribution is 2.32. The van der Waals surface area contributed by atoms with E-state index >= 15 is 0 Å². The zero-order valence-electron chi connectivity index (χ0n) is 10.9. The largest absolute Gasteiger partial charge is 0.207 e. The number of halogens is 1. The van der Waals surface area contributed by atoms with Crippen molar-refractivity contribution in [2.75, 3.05) is 0 Å². The molecular formula is C18H15F. The van der Waals surface area contributed by atoms with Gasteiger partial charge in [-0.1, -0.05) is 48.6 Å². The molecule has 0 fully saturated rings. The highest BCUT2D eigenvalue weighted by Gasteiger charge is 2.10. The molecule has 0 unspecified atom stereocenters. The van der Waals surface area contributed by atoms with Gasteiger partial charge in [0.15, 0.2) is 0 Å². The van der Waals surface area contributed by atoms with Crippen LogP contribution < -0.4 is 0 Å². The van der Waals surface area contributed by atoms with Crippen LogP contribution in [0.3, 0.4) is 0 Å². The van der Waals surface area contributed by atoms with E-state index in [0.29, 0.717) is 5.56 Å². The van der Waals surface area contributed by atoms with E-state index in [1.54, 1.807) is 13.0 Å². The van der Waals surface area contributed by atoms with Crippen molar-refractivity contribution < 1.29 is 4.39 Å². The molecule has 0 bridgehead atoms. The lowest BCUT2D eigenvalue weighted by Crippen LogP contribution is -1.85. The van der Waals surface area contributed by atoms with Gasteiger partial charge in [0, 0.05) is 0 Å². The molecule has 0 N–H and O–H groups in total. The van der Waals surface area contributed by atoms with Crippen LogP contribution in [-0.2, 0) is 0 Å². The van der Waals surface area contributed by atoms with E-state index in [2.05, 4.69) is 36.4 Å². The summed E-state index contributed by atoms with van der Waals surface area (Å²) in [6.45, 7) is 1.80. The molecule has 0 aliphatic heterocycles. The molecule has 0 atom stereocenters. The molecule has 0 amide bonds. The molecular weight excluding hydrogens is 235 g/mol. The first-order chi connectivity index (χ1) is 9.24. The van der Waals surface area contributed by atoms with Crippen LogP contribution in [0.1, 0.15) is 23.1 Å². The van der Waals surface area contributed by atoms with E-state index in [4.69, 9.17) is 0 Å². The number of aryl methyl sites for hydroxylation is 1. The van der Waals surface area contributed by atoms with Crippen molar-refractivity contribution in [3.8, 4) is 0 Å². The van der Waals surface area contributed by atoms with Gasteiger partial charge >= 0.3 is 0 Å². The highest BCUT2D eigenvalue weighted by atomic mass is 19.1. The molecule has 3 rings (SSSR count). The quantitative estimate of drug-likeness (QED) is 0.703. The zero-order valence-corrected chi connectivity index (χ0v) is 10.9. The molecule has 0 radical (unpaired) electrons. The Morgan fingerprint density at radius 2 is 1.74 bits per heavy atom. The Morgan fingerprint density at radius 1 is 0.947 bits per heavy atom. The maximum absolute atomic E-state index is 13.3. The molecule has 1 heteroatoms. The Balaban J connectivity index is 1.92. The van der Waals surface area contributed by atoms with Crippen LogP contribution >= 0.6 is 0 Å². The second kappa shape index (κ2) is 4.85. The molecule has 2 aromatic carbocycles. The monoisotopic (exact) mass is 250 g/mol. The second-order valence-corrected chi connectivity index (χ2v) is 4.86. The smallest absolute Gasteiger partial charge is 0.126 e. The lowest BCUT2D eigenvalue weighted by molar-refractivity contribution is 0.618. The van der Waals surface area contributed by atoms with Gasteiger partial charge in [-0.2, -0.15) is 0 Å². The fourth-order valence-electron chi connectivity index (χ4n) is 2.40. The van der Waals surface area contributed by atoms with Crippen molar-refractivity contribution in [3.05, 3.63) is 83.2 Å². The third-order valence-electron chi connectivity index (χ3n) is 3.51. The standard InChI is InChI=1S/C18H15F/c1-13-11-15(9-10-18(13)19)17-8-7-16(12-17)14-5-3-2-4-6-14/h2-6,8-12H,7H2,1H3. The number of hydrogen-bond donors (Lipinski definition) is 0. The number of benzene rings is 2.